The van der Waals surface area contributed by atoms with Gasteiger partial charge in [-0.1, -0.05) is 29.8 Å². The Hall–Kier alpha value is -3.29. The molecule has 0 aromatic heterocycles. The van der Waals surface area contributed by atoms with E-state index in [0.717, 1.165) is 49.0 Å². The molecule has 1 heterocycles. The van der Waals surface area contributed by atoms with Crippen LogP contribution in [0.4, 0.5) is 13.2 Å². The van der Waals surface area contributed by atoms with Crippen molar-refractivity contribution in [3.05, 3.63) is 93.5 Å². The molecule has 8 heteroatoms. The molecule has 1 aliphatic heterocycles. The molecular formula is C31H29ClF3NO3. The average molecular weight is 556 g/mol. The van der Waals surface area contributed by atoms with Gasteiger partial charge in [0.2, 0.25) is 0 Å². The number of ether oxygens (including phenoxy) is 1. The number of hydrogen-bond donors (Lipinski definition) is 1. The minimum Gasteiger partial charge on any atom is -0.489 e. The van der Waals surface area contributed by atoms with Gasteiger partial charge in [0.05, 0.1) is 11.7 Å². The first-order valence-corrected chi connectivity index (χ1v) is 13.5. The van der Waals surface area contributed by atoms with Crippen LogP contribution in [0.3, 0.4) is 0 Å². The highest BCUT2D eigenvalue weighted by molar-refractivity contribution is 6.33. The fourth-order valence-electron chi connectivity index (χ4n) is 5.50. The maximum atomic E-state index is 15.9. The van der Waals surface area contributed by atoms with Crippen LogP contribution < -0.4 is 4.74 Å². The topological polar surface area (TPSA) is 49.8 Å². The van der Waals surface area contributed by atoms with Gasteiger partial charge in [-0.15, -0.1) is 0 Å². The maximum absolute atomic E-state index is 15.9. The SMILES string of the molecule is O=C(O)c1c(-c2ccc(F)cc2Cl)cc2c(c1F)CCCC=C2c1ccc(O[C@H]2CCN(CCCF)C2)cc1. The molecule has 3 aromatic rings. The van der Waals surface area contributed by atoms with Gasteiger partial charge >= 0.3 is 5.97 Å². The van der Waals surface area contributed by atoms with E-state index in [2.05, 4.69) is 4.90 Å². The quantitative estimate of drug-likeness (QED) is 0.311. The lowest BCUT2D eigenvalue weighted by molar-refractivity contribution is 0.0692. The Morgan fingerprint density at radius 2 is 1.87 bits per heavy atom. The van der Waals surface area contributed by atoms with Crippen molar-refractivity contribution < 1.29 is 27.8 Å². The van der Waals surface area contributed by atoms with Gasteiger partial charge in [-0.25, -0.2) is 13.6 Å². The second-order valence-corrected chi connectivity index (χ2v) is 10.4. The fourth-order valence-corrected chi connectivity index (χ4v) is 5.77. The van der Waals surface area contributed by atoms with Gasteiger partial charge in [0.15, 0.2) is 0 Å². The first-order chi connectivity index (χ1) is 18.9. The molecule has 0 saturated carbocycles. The van der Waals surface area contributed by atoms with E-state index in [4.69, 9.17) is 16.3 Å². The molecule has 0 spiro atoms. The number of carboxylic acid groups (broad SMARTS) is 1. The molecule has 5 rings (SSSR count). The Morgan fingerprint density at radius 3 is 2.59 bits per heavy atom. The Morgan fingerprint density at radius 1 is 1.08 bits per heavy atom. The van der Waals surface area contributed by atoms with Crippen LogP contribution in [0.5, 0.6) is 5.75 Å². The second kappa shape index (κ2) is 11.8. The number of allylic oxidation sites excluding steroid dienone is 1. The number of alkyl halides is 1. The summed E-state index contributed by atoms with van der Waals surface area (Å²) >= 11 is 6.28. The summed E-state index contributed by atoms with van der Waals surface area (Å²) in [5, 5.41) is 9.92. The first kappa shape index (κ1) is 27.3. The molecule has 2 aliphatic rings. The van der Waals surface area contributed by atoms with Gasteiger partial charge in [-0.2, -0.15) is 0 Å². The highest BCUT2D eigenvalue weighted by atomic mass is 35.5. The zero-order valence-electron chi connectivity index (χ0n) is 21.4. The van der Waals surface area contributed by atoms with Gasteiger partial charge in [-0.05, 0) is 90.8 Å². The lowest BCUT2D eigenvalue weighted by atomic mass is 9.87. The molecule has 1 fully saturated rings. The van der Waals surface area contributed by atoms with E-state index in [0.29, 0.717) is 36.8 Å². The third-order valence-corrected chi connectivity index (χ3v) is 7.69. The number of rotatable bonds is 8. The molecule has 204 valence electrons. The molecule has 0 radical (unpaired) electrons. The first-order valence-electron chi connectivity index (χ1n) is 13.2. The fraction of sp³-hybridized carbons (Fsp3) is 0.323. The van der Waals surface area contributed by atoms with Crippen LogP contribution in [-0.2, 0) is 6.42 Å². The molecule has 1 N–H and O–H groups in total. The third kappa shape index (κ3) is 5.85. The number of carbonyl (C=O) groups is 1. The smallest absolute Gasteiger partial charge is 0.339 e. The molecule has 1 atom stereocenters. The van der Waals surface area contributed by atoms with Crippen molar-refractivity contribution in [3.8, 4) is 16.9 Å². The van der Waals surface area contributed by atoms with Crippen molar-refractivity contribution in [2.75, 3.05) is 26.3 Å². The van der Waals surface area contributed by atoms with Crippen LogP contribution >= 0.6 is 11.6 Å². The molecule has 0 bridgehead atoms. The minimum absolute atomic E-state index is 0.00711. The lowest BCUT2D eigenvalue weighted by Crippen LogP contribution is -2.26. The predicted octanol–water partition coefficient (Wildman–Crippen LogP) is 7.56. The Labute approximate surface area is 230 Å². The van der Waals surface area contributed by atoms with Crippen LogP contribution in [0.2, 0.25) is 5.02 Å². The summed E-state index contributed by atoms with van der Waals surface area (Å²) in [6.45, 7) is 2.06. The highest BCUT2D eigenvalue weighted by Crippen LogP contribution is 2.40. The molecule has 4 nitrogen and oxygen atoms in total. The highest BCUT2D eigenvalue weighted by Gasteiger charge is 2.28. The molecule has 3 aromatic carbocycles. The van der Waals surface area contributed by atoms with Crippen LogP contribution in [0.25, 0.3) is 16.7 Å². The van der Waals surface area contributed by atoms with Gasteiger partial charge < -0.3 is 9.84 Å². The van der Waals surface area contributed by atoms with Crippen molar-refractivity contribution >= 4 is 23.1 Å². The summed E-state index contributed by atoms with van der Waals surface area (Å²) in [5.74, 6) is -2.04. The summed E-state index contributed by atoms with van der Waals surface area (Å²) in [6.07, 6.45) is 5.25. The Bertz CT molecular complexity index is 1410. The van der Waals surface area contributed by atoms with Gasteiger partial charge in [-0.3, -0.25) is 9.29 Å². The largest absolute Gasteiger partial charge is 0.489 e. The van der Waals surface area contributed by atoms with E-state index in [1.165, 1.54) is 12.1 Å². The van der Waals surface area contributed by atoms with E-state index in [9.17, 15) is 18.7 Å². The van der Waals surface area contributed by atoms with E-state index in [-0.39, 0.29) is 28.9 Å². The number of fused-ring (bicyclic) bond motifs is 1. The number of aromatic carboxylic acids is 1. The van der Waals surface area contributed by atoms with Crippen molar-refractivity contribution in [2.45, 2.75) is 38.2 Å². The van der Waals surface area contributed by atoms with Gasteiger partial charge in [0.1, 0.15) is 29.1 Å². The number of carboxylic acids is 1. The van der Waals surface area contributed by atoms with Crippen LogP contribution in [0.1, 0.15) is 52.7 Å². The second-order valence-electron chi connectivity index (χ2n) is 9.97. The number of likely N-dealkylation sites (tertiary alicyclic amines) is 1. The summed E-state index contributed by atoms with van der Waals surface area (Å²) in [7, 11) is 0. The minimum atomic E-state index is -1.41. The number of nitrogens with zero attached hydrogens (tertiary/aromatic N) is 1. The van der Waals surface area contributed by atoms with Crippen molar-refractivity contribution in [2.24, 2.45) is 0 Å². The van der Waals surface area contributed by atoms with Crippen LogP contribution in [0.15, 0.2) is 54.6 Å². The van der Waals surface area contributed by atoms with Crippen molar-refractivity contribution in [1.29, 1.82) is 0 Å². The summed E-state index contributed by atoms with van der Waals surface area (Å²) in [4.78, 5) is 14.4. The monoisotopic (exact) mass is 555 g/mol. The Balaban J connectivity index is 1.48. The van der Waals surface area contributed by atoms with Crippen molar-refractivity contribution in [1.82, 2.24) is 4.90 Å². The number of benzene rings is 3. The molecule has 1 aliphatic carbocycles. The summed E-state index contributed by atoms with van der Waals surface area (Å²) < 4.78 is 48.2. The van der Waals surface area contributed by atoms with Crippen molar-refractivity contribution in [3.63, 3.8) is 0 Å². The normalized spacial score (nSPS) is 17.4. The molecule has 39 heavy (non-hydrogen) atoms. The summed E-state index contributed by atoms with van der Waals surface area (Å²) in [6, 6.07) is 12.9. The number of hydrogen-bond acceptors (Lipinski definition) is 3. The number of halogens is 4. The predicted molar refractivity (Wildman–Crippen MR) is 146 cm³/mol. The van der Waals surface area contributed by atoms with E-state index >= 15 is 4.39 Å². The van der Waals surface area contributed by atoms with E-state index in [1.807, 2.05) is 30.3 Å². The standard InChI is InChI=1S/C31H29ClF3NO3/c32-28-16-20(34)8-11-24(28)27-17-26-23(4-1-2-5-25(26)30(35)29(27)31(37)38)19-6-9-21(10-7-19)39-22-12-15-36(18-22)14-3-13-33/h4,6-11,16-17,22H,1-3,5,12-15,18H2,(H,37,38)/t22-/m0/s1. The van der Waals surface area contributed by atoms with E-state index < -0.39 is 23.2 Å². The maximum Gasteiger partial charge on any atom is 0.339 e. The summed E-state index contributed by atoms with van der Waals surface area (Å²) in [5.41, 5.74) is 2.47. The van der Waals surface area contributed by atoms with Gasteiger partial charge in [0.25, 0.3) is 0 Å². The van der Waals surface area contributed by atoms with Gasteiger partial charge in [0, 0.05) is 30.8 Å². The Kier molecular flexibility index (Phi) is 8.29. The zero-order valence-corrected chi connectivity index (χ0v) is 22.1. The molecular weight excluding hydrogens is 527 g/mol. The van der Waals surface area contributed by atoms with Crippen LogP contribution in [0, 0.1) is 11.6 Å². The molecule has 1 saturated heterocycles. The third-order valence-electron chi connectivity index (χ3n) is 7.38. The molecule has 0 unspecified atom stereocenters. The average Bonchev–Trinajstić information content (AvgIpc) is 3.24. The van der Waals surface area contributed by atoms with E-state index in [1.54, 1.807) is 6.07 Å². The lowest BCUT2D eigenvalue weighted by Gasteiger charge is -2.19. The van der Waals surface area contributed by atoms with Crippen LogP contribution in [-0.4, -0.2) is 48.4 Å². The zero-order chi connectivity index (χ0) is 27.5. The molecule has 0 amide bonds.